The first-order valence-electron chi connectivity index (χ1n) is 7.04. The van der Waals surface area contributed by atoms with E-state index in [9.17, 15) is 0 Å². The van der Waals surface area contributed by atoms with E-state index in [-0.39, 0.29) is 0 Å². The van der Waals surface area contributed by atoms with Crippen LogP contribution < -0.4 is 5.32 Å². The van der Waals surface area contributed by atoms with Crippen LogP contribution in [0.25, 0.3) is 0 Å². The van der Waals surface area contributed by atoms with Crippen LogP contribution in [0.15, 0.2) is 0 Å². The average molecular weight is 213 g/mol. The maximum Gasteiger partial charge on any atom is 0.00386 e. The third-order valence-corrected chi connectivity index (χ3v) is 2.99. The molecule has 1 heteroatoms. The van der Waals surface area contributed by atoms with Gasteiger partial charge in [0.2, 0.25) is 0 Å². The Hall–Kier alpha value is -0.0400. The van der Waals surface area contributed by atoms with E-state index in [0.717, 1.165) is 6.04 Å². The Labute approximate surface area is 97.0 Å². The Morgan fingerprint density at radius 2 is 1.40 bits per heavy atom. The van der Waals surface area contributed by atoms with E-state index in [1.807, 2.05) is 0 Å². The molecule has 0 aliphatic heterocycles. The molecule has 92 valence electrons. The monoisotopic (exact) mass is 213 g/mol. The molecule has 0 heterocycles. The van der Waals surface area contributed by atoms with Gasteiger partial charge in [0.25, 0.3) is 0 Å². The summed E-state index contributed by atoms with van der Waals surface area (Å²) in [6, 6.07) is 0.718. The number of rotatable bonds is 11. The summed E-state index contributed by atoms with van der Waals surface area (Å²) >= 11 is 0. The number of hydrogen-bond acceptors (Lipinski definition) is 1. The maximum atomic E-state index is 3.59. The maximum absolute atomic E-state index is 3.59. The summed E-state index contributed by atoms with van der Waals surface area (Å²) < 4.78 is 0. The molecule has 0 aliphatic carbocycles. The second-order valence-electron chi connectivity index (χ2n) is 4.77. The van der Waals surface area contributed by atoms with Crippen LogP contribution in [0.5, 0.6) is 0 Å². The molecule has 1 unspecified atom stereocenters. The van der Waals surface area contributed by atoms with Gasteiger partial charge >= 0.3 is 0 Å². The summed E-state index contributed by atoms with van der Waals surface area (Å²) in [6.45, 7) is 8.05. The molecular formula is C14H31N. The Bertz CT molecular complexity index is 112. The van der Waals surface area contributed by atoms with E-state index in [0.29, 0.717) is 0 Å². The molecule has 0 fully saturated rings. The molecule has 0 saturated carbocycles. The third kappa shape index (κ3) is 11.9. The fourth-order valence-corrected chi connectivity index (χ4v) is 1.97. The van der Waals surface area contributed by atoms with Gasteiger partial charge in [0.15, 0.2) is 0 Å². The molecule has 0 radical (unpaired) electrons. The zero-order valence-electron chi connectivity index (χ0n) is 11.1. The lowest BCUT2D eigenvalue weighted by atomic mass is 10.1. The Kier molecular flexibility index (Phi) is 12.0. The minimum Gasteiger partial charge on any atom is -0.314 e. The smallest absolute Gasteiger partial charge is 0.00386 e. The van der Waals surface area contributed by atoms with Crippen LogP contribution in [0.2, 0.25) is 0 Å². The fourth-order valence-electron chi connectivity index (χ4n) is 1.97. The van der Waals surface area contributed by atoms with E-state index in [4.69, 9.17) is 0 Å². The highest BCUT2D eigenvalue weighted by molar-refractivity contribution is 4.59. The quantitative estimate of drug-likeness (QED) is 0.498. The summed E-state index contributed by atoms with van der Waals surface area (Å²) in [4.78, 5) is 0. The molecule has 0 aromatic carbocycles. The van der Waals surface area contributed by atoms with Crippen molar-refractivity contribution < 1.29 is 0 Å². The highest BCUT2D eigenvalue weighted by Crippen LogP contribution is 2.06. The largest absolute Gasteiger partial charge is 0.314 e. The molecule has 0 aromatic rings. The van der Waals surface area contributed by atoms with Crippen molar-refractivity contribution in [2.24, 2.45) is 0 Å². The van der Waals surface area contributed by atoms with E-state index in [1.165, 1.54) is 64.3 Å². The third-order valence-electron chi connectivity index (χ3n) is 2.99. The van der Waals surface area contributed by atoms with Crippen LogP contribution in [-0.4, -0.2) is 12.6 Å². The van der Waals surface area contributed by atoms with Crippen molar-refractivity contribution in [1.82, 2.24) is 5.32 Å². The molecule has 1 nitrogen and oxygen atoms in total. The van der Waals surface area contributed by atoms with Crippen LogP contribution in [0, 0.1) is 0 Å². The standard InChI is InChI=1S/C14H31N/c1-4-6-7-8-9-10-11-13-15-14(3)12-5-2/h14-15H,4-13H2,1-3H3. The molecule has 0 spiro atoms. The summed E-state index contributed by atoms with van der Waals surface area (Å²) in [5.41, 5.74) is 0. The summed E-state index contributed by atoms with van der Waals surface area (Å²) in [6.07, 6.45) is 12.5. The molecule has 0 aromatic heterocycles. The highest BCUT2D eigenvalue weighted by atomic mass is 14.9. The molecule has 1 N–H and O–H groups in total. The van der Waals surface area contributed by atoms with Crippen LogP contribution in [-0.2, 0) is 0 Å². The van der Waals surface area contributed by atoms with Gasteiger partial charge in [0.1, 0.15) is 0 Å². The molecule has 0 rings (SSSR count). The zero-order valence-corrected chi connectivity index (χ0v) is 11.1. The number of nitrogens with one attached hydrogen (secondary N) is 1. The lowest BCUT2D eigenvalue weighted by molar-refractivity contribution is 0.486. The van der Waals surface area contributed by atoms with Crippen LogP contribution >= 0.6 is 0 Å². The molecular weight excluding hydrogens is 182 g/mol. The molecule has 0 saturated heterocycles. The summed E-state index contributed by atoms with van der Waals surface area (Å²) in [7, 11) is 0. The van der Waals surface area contributed by atoms with E-state index in [1.54, 1.807) is 0 Å². The zero-order chi connectivity index (χ0) is 11.4. The van der Waals surface area contributed by atoms with E-state index >= 15 is 0 Å². The topological polar surface area (TPSA) is 12.0 Å². The second-order valence-corrected chi connectivity index (χ2v) is 4.77. The van der Waals surface area contributed by atoms with Gasteiger partial charge < -0.3 is 5.32 Å². The minimum absolute atomic E-state index is 0.718. The first kappa shape index (κ1) is 15.0. The Balaban J connectivity index is 2.98. The van der Waals surface area contributed by atoms with Crippen LogP contribution in [0.1, 0.15) is 78.6 Å². The van der Waals surface area contributed by atoms with Gasteiger partial charge in [0.05, 0.1) is 0 Å². The van der Waals surface area contributed by atoms with Crippen LogP contribution in [0.3, 0.4) is 0 Å². The first-order chi connectivity index (χ1) is 7.31. The molecule has 0 aliphatic rings. The second kappa shape index (κ2) is 12.0. The van der Waals surface area contributed by atoms with Crippen molar-refractivity contribution >= 4 is 0 Å². The first-order valence-corrected chi connectivity index (χ1v) is 7.04. The van der Waals surface area contributed by atoms with Gasteiger partial charge in [-0.3, -0.25) is 0 Å². The Morgan fingerprint density at radius 1 is 0.800 bits per heavy atom. The van der Waals surface area contributed by atoms with Crippen molar-refractivity contribution in [2.75, 3.05) is 6.54 Å². The fraction of sp³-hybridized carbons (Fsp3) is 1.00. The Morgan fingerprint density at radius 3 is 2.00 bits per heavy atom. The lowest BCUT2D eigenvalue weighted by Gasteiger charge is -2.12. The van der Waals surface area contributed by atoms with E-state index in [2.05, 4.69) is 26.1 Å². The van der Waals surface area contributed by atoms with Crippen molar-refractivity contribution in [1.29, 1.82) is 0 Å². The molecule has 1 atom stereocenters. The van der Waals surface area contributed by atoms with Crippen LogP contribution in [0.4, 0.5) is 0 Å². The van der Waals surface area contributed by atoms with Crippen molar-refractivity contribution in [3.8, 4) is 0 Å². The molecule has 0 bridgehead atoms. The minimum atomic E-state index is 0.718. The van der Waals surface area contributed by atoms with Gasteiger partial charge in [-0.1, -0.05) is 58.8 Å². The van der Waals surface area contributed by atoms with Crippen molar-refractivity contribution in [2.45, 2.75) is 84.6 Å². The lowest BCUT2D eigenvalue weighted by Crippen LogP contribution is -2.26. The predicted molar refractivity (Wildman–Crippen MR) is 70.4 cm³/mol. The normalized spacial score (nSPS) is 13.0. The van der Waals surface area contributed by atoms with Crippen molar-refractivity contribution in [3.63, 3.8) is 0 Å². The number of unbranched alkanes of at least 4 members (excludes halogenated alkanes) is 6. The van der Waals surface area contributed by atoms with Gasteiger partial charge in [-0.2, -0.15) is 0 Å². The van der Waals surface area contributed by atoms with Gasteiger partial charge in [-0.05, 0) is 26.3 Å². The molecule has 15 heavy (non-hydrogen) atoms. The van der Waals surface area contributed by atoms with Crippen molar-refractivity contribution in [3.05, 3.63) is 0 Å². The highest BCUT2D eigenvalue weighted by Gasteiger charge is 1.97. The summed E-state index contributed by atoms with van der Waals surface area (Å²) in [5, 5.41) is 3.59. The van der Waals surface area contributed by atoms with Gasteiger partial charge in [-0.15, -0.1) is 0 Å². The van der Waals surface area contributed by atoms with E-state index < -0.39 is 0 Å². The SMILES string of the molecule is CCCCCCCCCNC(C)CCC. The average Bonchev–Trinajstić information content (AvgIpc) is 2.22. The van der Waals surface area contributed by atoms with Gasteiger partial charge in [-0.25, -0.2) is 0 Å². The number of hydrogen-bond donors (Lipinski definition) is 1. The summed E-state index contributed by atoms with van der Waals surface area (Å²) in [5.74, 6) is 0. The van der Waals surface area contributed by atoms with Gasteiger partial charge in [0, 0.05) is 6.04 Å². The molecule has 0 amide bonds. The predicted octanol–water partition coefficient (Wildman–Crippen LogP) is 4.52.